The summed E-state index contributed by atoms with van der Waals surface area (Å²) in [6, 6.07) is 17.3. The molecule has 0 aromatic heterocycles. The third-order valence-electron chi connectivity index (χ3n) is 6.41. The van der Waals surface area contributed by atoms with E-state index >= 15 is 0 Å². The van der Waals surface area contributed by atoms with Crippen LogP contribution in [0.4, 0.5) is 0 Å². The zero-order valence-electron chi connectivity index (χ0n) is 18.1. The Morgan fingerprint density at radius 2 is 1.77 bits per heavy atom. The molecule has 0 aliphatic carbocycles. The molecule has 164 valence electrons. The molecule has 6 heteroatoms. The van der Waals surface area contributed by atoms with Crippen molar-refractivity contribution < 1.29 is 14.3 Å². The lowest BCUT2D eigenvalue weighted by atomic mass is 9.93. The van der Waals surface area contributed by atoms with Gasteiger partial charge in [-0.3, -0.25) is 9.59 Å². The molecule has 4 rings (SSSR count). The van der Waals surface area contributed by atoms with Crippen LogP contribution in [0.2, 0.25) is 0 Å². The number of nitrogens with zero attached hydrogens (tertiary/aromatic N) is 2. The lowest BCUT2D eigenvalue weighted by Gasteiger charge is -2.35. The van der Waals surface area contributed by atoms with Crippen molar-refractivity contribution in [1.29, 1.82) is 0 Å². The molecule has 1 spiro atoms. The quantitative estimate of drug-likeness (QED) is 0.827. The molecule has 2 amide bonds. The fourth-order valence-electron chi connectivity index (χ4n) is 4.67. The Labute approximate surface area is 184 Å². The summed E-state index contributed by atoms with van der Waals surface area (Å²) in [6.45, 7) is 3.94. The van der Waals surface area contributed by atoms with Crippen LogP contribution >= 0.6 is 0 Å². The number of carbonyl (C=O) groups excluding carboxylic acids is 2. The molecule has 2 atom stereocenters. The number of ether oxygens (including phenoxy) is 1. The predicted molar refractivity (Wildman–Crippen MR) is 119 cm³/mol. The first-order valence-corrected chi connectivity index (χ1v) is 11.1. The third-order valence-corrected chi connectivity index (χ3v) is 6.41. The van der Waals surface area contributed by atoms with Gasteiger partial charge in [-0.05, 0) is 30.9 Å². The van der Waals surface area contributed by atoms with E-state index < -0.39 is 11.6 Å². The van der Waals surface area contributed by atoms with Crippen molar-refractivity contribution in [3.8, 4) is 5.75 Å². The van der Waals surface area contributed by atoms with Crippen molar-refractivity contribution >= 4 is 11.8 Å². The van der Waals surface area contributed by atoms with Crippen LogP contribution in [-0.2, 0) is 22.6 Å². The molecule has 0 saturated carbocycles. The van der Waals surface area contributed by atoms with Crippen LogP contribution in [0.15, 0.2) is 54.6 Å². The van der Waals surface area contributed by atoms with E-state index in [1.165, 1.54) is 0 Å². The van der Waals surface area contributed by atoms with Gasteiger partial charge in [-0.1, -0.05) is 48.5 Å². The summed E-state index contributed by atoms with van der Waals surface area (Å²) in [7, 11) is 0. The van der Waals surface area contributed by atoms with Crippen LogP contribution in [-0.4, -0.2) is 52.9 Å². The number of hydrogen-bond acceptors (Lipinski definition) is 4. The standard InChI is InChI=1S/C25H31N3O3/c1-19(29)28-17-21-10-5-6-11-23(21)31-25(18-28)12-7-14-27(15-13-25)24(30)22(26)16-20-8-3-2-4-9-20/h2-6,8-11,22H,7,12-18,26H2,1H3/t22-,25-/m0/s1. The van der Waals surface area contributed by atoms with Crippen molar-refractivity contribution in [2.75, 3.05) is 19.6 Å². The van der Waals surface area contributed by atoms with Crippen LogP contribution < -0.4 is 10.5 Å². The van der Waals surface area contributed by atoms with Gasteiger partial charge in [0.1, 0.15) is 11.4 Å². The molecule has 0 bridgehead atoms. The van der Waals surface area contributed by atoms with Crippen molar-refractivity contribution in [2.45, 2.75) is 50.8 Å². The van der Waals surface area contributed by atoms with Gasteiger partial charge in [0.25, 0.3) is 0 Å². The normalized spacial score (nSPS) is 22.1. The maximum atomic E-state index is 13.1. The molecule has 2 heterocycles. The van der Waals surface area contributed by atoms with Crippen molar-refractivity contribution in [1.82, 2.24) is 9.80 Å². The number of benzene rings is 2. The Kier molecular flexibility index (Phi) is 6.28. The minimum atomic E-state index is -0.555. The molecule has 1 fully saturated rings. The minimum absolute atomic E-state index is 0.0154. The monoisotopic (exact) mass is 421 g/mol. The fraction of sp³-hybridized carbons (Fsp3) is 0.440. The summed E-state index contributed by atoms with van der Waals surface area (Å²) in [5.41, 5.74) is 7.88. The molecule has 2 aromatic carbocycles. The molecule has 0 unspecified atom stereocenters. The van der Waals surface area contributed by atoms with E-state index in [0.717, 1.165) is 29.7 Å². The average Bonchev–Trinajstić information content (AvgIpc) is 3.07. The number of nitrogens with two attached hydrogens (primary N) is 1. The number of likely N-dealkylation sites (tertiary alicyclic amines) is 1. The second-order valence-electron chi connectivity index (χ2n) is 8.74. The van der Waals surface area contributed by atoms with Gasteiger partial charge in [-0.15, -0.1) is 0 Å². The van der Waals surface area contributed by atoms with Crippen molar-refractivity contribution in [2.24, 2.45) is 5.73 Å². The average molecular weight is 422 g/mol. The Hall–Kier alpha value is -2.86. The molecule has 31 heavy (non-hydrogen) atoms. The molecule has 2 N–H and O–H groups in total. The number of amides is 2. The number of carbonyl (C=O) groups is 2. The summed E-state index contributed by atoms with van der Waals surface area (Å²) < 4.78 is 6.57. The van der Waals surface area contributed by atoms with E-state index in [9.17, 15) is 9.59 Å². The van der Waals surface area contributed by atoms with Crippen LogP contribution in [0.25, 0.3) is 0 Å². The zero-order valence-corrected chi connectivity index (χ0v) is 18.1. The van der Waals surface area contributed by atoms with E-state index in [4.69, 9.17) is 10.5 Å². The van der Waals surface area contributed by atoms with Gasteiger partial charge >= 0.3 is 0 Å². The highest BCUT2D eigenvalue weighted by Crippen LogP contribution is 2.35. The lowest BCUT2D eigenvalue weighted by molar-refractivity contribution is -0.134. The predicted octanol–water partition coefficient (Wildman–Crippen LogP) is 2.75. The summed E-state index contributed by atoms with van der Waals surface area (Å²) >= 11 is 0. The van der Waals surface area contributed by atoms with E-state index in [1.54, 1.807) is 6.92 Å². The molecular formula is C25H31N3O3. The third kappa shape index (κ3) is 4.90. The van der Waals surface area contributed by atoms with Crippen LogP contribution in [0.1, 0.15) is 37.3 Å². The SMILES string of the molecule is CC(=O)N1Cc2ccccc2O[C@]2(CCCN(C(=O)[C@@H](N)Cc3ccccc3)CC2)C1. The second-order valence-corrected chi connectivity index (χ2v) is 8.74. The first-order valence-electron chi connectivity index (χ1n) is 11.1. The van der Waals surface area contributed by atoms with Crippen LogP contribution in [0.5, 0.6) is 5.75 Å². The van der Waals surface area contributed by atoms with E-state index in [1.807, 2.05) is 64.4 Å². The number of para-hydroxylation sites is 1. The number of fused-ring (bicyclic) bond motifs is 1. The molecule has 2 aliphatic rings. The topological polar surface area (TPSA) is 75.9 Å². The van der Waals surface area contributed by atoms with Gasteiger partial charge in [-0.2, -0.15) is 0 Å². The molecule has 2 aliphatic heterocycles. The van der Waals surface area contributed by atoms with E-state index in [-0.39, 0.29) is 11.8 Å². The molecule has 6 nitrogen and oxygen atoms in total. The smallest absolute Gasteiger partial charge is 0.239 e. The summed E-state index contributed by atoms with van der Waals surface area (Å²) in [4.78, 5) is 29.1. The van der Waals surface area contributed by atoms with Gasteiger partial charge in [0.05, 0.1) is 12.6 Å². The first kappa shape index (κ1) is 21.4. The van der Waals surface area contributed by atoms with Gasteiger partial charge in [0, 0.05) is 38.5 Å². The highest BCUT2D eigenvalue weighted by atomic mass is 16.5. The molecule has 0 radical (unpaired) electrons. The summed E-state index contributed by atoms with van der Waals surface area (Å²) in [5, 5.41) is 0. The Morgan fingerprint density at radius 1 is 1.03 bits per heavy atom. The fourth-order valence-corrected chi connectivity index (χ4v) is 4.67. The maximum Gasteiger partial charge on any atom is 0.239 e. The molecule has 1 saturated heterocycles. The largest absolute Gasteiger partial charge is 0.485 e. The van der Waals surface area contributed by atoms with Crippen molar-refractivity contribution in [3.05, 3.63) is 65.7 Å². The van der Waals surface area contributed by atoms with Crippen molar-refractivity contribution in [3.63, 3.8) is 0 Å². The van der Waals surface area contributed by atoms with E-state index in [0.29, 0.717) is 39.0 Å². The Bertz CT molecular complexity index is 933. The Balaban J connectivity index is 1.48. The number of rotatable bonds is 3. The maximum absolute atomic E-state index is 13.1. The van der Waals surface area contributed by atoms with Gasteiger partial charge in [0.15, 0.2) is 0 Å². The highest BCUT2D eigenvalue weighted by molar-refractivity contribution is 5.82. The zero-order chi connectivity index (χ0) is 21.8. The molecule has 2 aromatic rings. The summed E-state index contributed by atoms with van der Waals surface area (Å²) in [6.07, 6.45) is 2.82. The van der Waals surface area contributed by atoms with Crippen LogP contribution in [0.3, 0.4) is 0 Å². The number of hydrogen-bond donors (Lipinski definition) is 1. The van der Waals surface area contributed by atoms with Crippen LogP contribution in [0, 0.1) is 0 Å². The first-order chi connectivity index (χ1) is 15.0. The highest BCUT2D eigenvalue weighted by Gasteiger charge is 2.41. The van der Waals surface area contributed by atoms with Gasteiger partial charge < -0.3 is 20.3 Å². The Morgan fingerprint density at radius 3 is 2.55 bits per heavy atom. The molecular weight excluding hydrogens is 390 g/mol. The summed E-state index contributed by atoms with van der Waals surface area (Å²) in [5.74, 6) is 0.867. The lowest BCUT2D eigenvalue weighted by Crippen LogP contribution is -2.49. The van der Waals surface area contributed by atoms with Gasteiger partial charge in [-0.25, -0.2) is 0 Å². The second kappa shape index (κ2) is 9.10. The van der Waals surface area contributed by atoms with Gasteiger partial charge in [0.2, 0.25) is 11.8 Å². The minimum Gasteiger partial charge on any atom is -0.485 e. The van der Waals surface area contributed by atoms with E-state index in [2.05, 4.69) is 0 Å².